The van der Waals surface area contributed by atoms with Crippen molar-refractivity contribution in [1.29, 1.82) is 0 Å². The summed E-state index contributed by atoms with van der Waals surface area (Å²) in [6.45, 7) is 1.28. The first kappa shape index (κ1) is 20.0. The van der Waals surface area contributed by atoms with E-state index in [-0.39, 0.29) is 29.5 Å². The van der Waals surface area contributed by atoms with E-state index in [1.165, 1.54) is 29.6 Å². The Kier molecular flexibility index (Phi) is 6.08. The second-order valence-electron chi connectivity index (χ2n) is 6.15. The van der Waals surface area contributed by atoms with Crippen LogP contribution in [0.4, 0.5) is 5.69 Å². The third-order valence-corrected chi connectivity index (χ3v) is 6.23. The number of amides is 2. The number of rotatable bonds is 5. The summed E-state index contributed by atoms with van der Waals surface area (Å²) < 4.78 is 32.0. The Balaban J connectivity index is 1.76. The maximum atomic E-state index is 12.8. The van der Waals surface area contributed by atoms with Crippen LogP contribution in [0.15, 0.2) is 53.4 Å². The van der Waals surface area contributed by atoms with Crippen LogP contribution in [0.5, 0.6) is 0 Å². The number of hydrogen-bond acceptors (Lipinski definition) is 5. The van der Waals surface area contributed by atoms with Crippen LogP contribution in [0, 0.1) is 0 Å². The van der Waals surface area contributed by atoms with Gasteiger partial charge in [0.05, 0.1) is 18.1 Å². The second-order valence-corrected chi connectivity index (χ2v) is 8.09. The number of benzene rings is 2. The molecule has 1 aliphatic rings. The van der Waals surface area contributed by atoms with Crippen molar-refractivity contribution in [2.75, 3.05) is 38.7 Å². The Morgan fingerprint density at radius 1 is 0.964 bits per heavy atom. The van der Waals surface area contributed by atoms with E-state index >= 15 is 0 Å². The molecule has 1 heterocycles. The zero-order valence-corrected chi connectivity index (χ0v) is 16.2. The first-order valence-electron chi connectivity index (χ1n) is 8.73. The van der Waals surface area contributed by atoms with Gasteiger partial charge in [0.15, 0.2) is 0 Å². The van der Waals surface area contributed by atoms with Crippen LogP contribution in [0.25, 0.3) is 0 Å². The molecule has 2 aromatic carbocycles. The van der Waals surface area contributed by atoms with Crippen molar-refractivity contribution < 1.29 is 22.7 Å². The highest BCUT2D eigenvalue weighted by atomic mass is 32.2. The van der Waals surface area contributed by atoms with Gasteiger partial charge in [0.25, 0.3) is 11.8 Å². The molecule has 2 N–H and O–H groups in total. The van der Waals surface area contributed by atoms with Crippen molar-refractivity contribution in [2.45, 2.75) is 4.90 Å². The van der Waals surface area contributed by atoms with Crippen LogP contribution < -0.4 is 10.6 Å². The van der Waals surface area contributed by atoms with E-state index in [0.717, 1.165) is 0 Å². The molecular weight excluding hydrogens is 382 g/mol. The SMILES string of the molecule is CNC(=O)c1ccc(NC(=O)c2cccc(S(=O)(=O)N3CCOCC3)c2)cc1. The lowest BCUT2D eigenvalue weighted by Gasteiger charge is -2.26. The molecule has 0 bridgehead atoms. The van der Waals surface area contributed by atoms with E-state index in [0.29, 0.717) is 24.5 Å². The highest BCUT2D eigenvalue weighted by Gasteiger charge is 2.26. The molecule has 0 aromatic heterocycles. The normalized spacial score (nSPS) is 15.0. The third-order valence-electron chi connectivity index (χ3n) is 4.34. The lowest BCUT2D eigenvalue weighted by atomic mass is 10.1. The lowest BCUT2D eigenvalue weighted by Crippen LogP contribution is -2.40. The molecule has 0 spiro atoms. The van der Waals surface area contributed by atoms with Gasteiger partial charge in [0.2, 0.25) is 10.0 Å². The molecule has 0 radical (unpaired) electrons. The van der Waals surface area contributed by atoms with Crippen LogP contribution in [0.3, 0.4) is 0 Å². The molecule has 8 nitrogen and oxygen atoms in total. The molecule has 148 valence electrons. The van der Waals surface area contributed by atoms with Crippen LogP contribution in [-0.2, 0) is 14.8 Å². The van der Waals surface area contributed by atoms with Gasteiger partial charge < -0.3 is 15.4 Å². The number of ether oxygens (including phenoxy) is 1. The van der Waals surface area contributed by atoms with Gasteiger partial charge in [-0.1, -0.05) is 6.07 Å². The average molecular weight is 403 g/mol. The molecule has 2 aromatic rings. The molecule has 28 heavy (non-hydrogen) atoms. The predicted molar refractivity (Wildman–Crippen MR) is 104 cm³/mol. The maximum absolute atomic E-state index is 12.8. The van der Waals surface area contributed by atoms with Crippen molar-refractivity contribution in [3.8, 4) is 0 Å². The molecule has 0 aliphatic carbocycles. The van der Waals surface area contributed by atoms with Gasteiger partial charge in [0, 0.05) is 37.0 Å². The van der Waals surface area contributed by atoms with Crippen LogP contribution in [0.2, 0.25) is 0 Å². The molecule has 1 fully saturated rings. The number of nitrogens with zero attached hydrogens (tertiary/aromatic N) is 1. The van der Waals surface area contributed by atoms with Crippen molar-refractivity contribution in [3.05, 3.63) is 59.7 Å². The van der Waals surface area contributed by atoms with E-state index in [1.54, 1.807) is 30.3 Å². The summed E-state index contributed by atoms with van der Waals surface area (Å²) in [5.74, 6) is -0.661. The minimum absolute atomic E-state index is 0.0667. The van der Waals surface area contributed by atoms with E-state index < -0.39 is 15.9 Å². The fourth-order valence-corrected chi connectivity index (χ4v) is 4.24. The first-order chi connectivity index (χ1) is 13.4. The van der Waals surface area contributed by atoms with Crippen molar-refractivity contribution in [2.24, 2.45) is 0 Å². The molecule has 1 aliphatic heterocycles. The molecule has 0 unspecified atom stereocenters. The summed E-state index contributed by atoms with van der Waals surface area (Å²) in [5.41, 5.74) is 1.20. The maximum Gasteiger partial charge on any atom is 0.255 e. The Morgan fingerprint density at radius 2 is 1.64 bits per heavy atom. The number of hydrogen-bond donors (Lipinski definition) is 2. The van der Waals surface area contributed by atoms with Gasteiger partial charge in [0.1, 0.15) is 0 Å². The fourth-order valence-electron chi connectivity index (χ4n) is 2.79. The van der Waals surface area contributed by atoms with Crippen LogP contribution in [-0.4, -0.2) is 57.9 Å². The number of nitrogens with one attached hydrogen (secondary N) is 2. The van der Waals surface area contributed by atoms with Crippen LogP contribution >= 0.6 is 0 Å². The summed E-state index contributed by atoms with van der Waals surface area (Å²) >= 11 is 0. The average Bonchev–Trinajstić information content (AvgIpc) is 2.74. The zero-order chi connectivity index (χ0) is 20.1. The summed E-state index contributed by atoms with van der Waals surface area (Å²) in [7, 11) is -2.14. The van der Waals surface area contributed by atoms with E-state index in [9.17, 15) is 18.0 Å². The minimum atomic E-state index is -3.68. The Morgan fingerprint density at radius 3 is 2.29 bits per heavy atom. The molecule has 1 saturated heterocycles. The monoisotopic (exact) mass is 403 g/mol. The van der Waals surface area contributed by atoms with Gasteiger partial charge in [-0.15, -0.1) is 0 Å². The van der Waals surface area contributed by atoms with E-state index in [1.807, 2.05) is 0 Å². The molecular formula is C19H21N3O5S. The summed E-state index contributed by atoms with van der Waals surface area (Å²) in [6, 6.07) is 12.3. The Hall–Kier alpha value is -2.75. The number of anilines is 1. The number of sulfonamides is 1. The standard InChI is InChI=1S/C19H21N3O5S/c1-20-18(23)14-5-7-16(8-6-14)21-19(24)15-3-2-4-17(13-15)28(25,26)22-9-11-27-12-10-22/h2-8,13H,9-12H2,1H3,(H,20,23)(H,21,24). The summed E-state index contributed by atoms with van der Waals surface area (Å²) in [5, 5.41) is 5.22. The van der Waals surface area contributed by atoms with Crippen molar-refractivity contribution in [3.63, 3.8) is 0 Å². The van der Waals surface area contributed by atoms with Gasteiger partial charge >= 0.3 is 0 Å². The molecule has 0 saturated carbocycles. The highest BCUT2D eigenvalue weighted by Crippen LogP contribution is 2.19. The van der Waals surface area contributed by atoms with Crippen molar-refractivity contribution >= 4 is 27.5 Å². The quantitative estimate of drug-likeness (QED) is 0.783. The Bertz CT molecular complexity index is 967. The first-order valence-corrected chi connectivity index (χ1v) is 10.2. The second kappa shape index (κ2) is 8.51. The van der Waals surface area contributed by atoms with Gasteiger partial charge in [-0.3, -0.25) is 9.59 Å². The smallest absolute Gasteiger partial charge is 0.255 e. The lowest BCUT2D eigenvalue weighted by molar-refractivity contribution is 0.0730. The molecule has 9 heteroatoms. The predicted octanol–water partition coefficient (Wildman–Crippen LogP) is 1.32. The number of carbonyl (C=O) groups is 2. The van der Waals surface area contributed by atoms with E-state index in [2.05, 4.69) is 10.6 Å². The van der Waals surface area contributed by atoms with Gasteiger partial charge in [-0.05, 0) is 42.5 Å². The molecule has 0 atom stereocenters. The van der Waals surface area contributed by atoms with E-state index in [4.69, 9.17) is 4.74 Å². The highest BCUT2D eigenvalue weighted by molar-refractivity contribution is 7.89. The summed E-state index contributed by atoms with van der Waals surface area (Å²) in [4.78, 5) is 24.2. The third kappa shape index (κ3) is 4.38. The van der Waals surface area contributed by atoms with Gasteiger partial charge in [-0.2, -0.15) is 4.31 Å². The number of morpholine rings is 1. The minimum Gasteiger partial charge on any atom is -0.379 e. The van der Waals surface area contributed by atoms with Gasteiger partial charge in [-0.25, -0.2) is 8.42 Å². The largest absolute Gasteiger partial charge is 0.379 e. The topological polar surface area (TPSA) is 105 Å². The summed E-state index contributed by atoms with van der Waals surface area (Å²) in [6.07, 6.45) is 0. The van der Waals surface area contributed by atoms with Crippen molar-refractivity contribution in [1.82, 2.24) is 9.62 Å². The number of carbonyl (C=O) groups excluding carboxylic acids is 2. The fraction of sp³-hybridized carbons (Fsp3) is 0.263. The molecule has 2 amide bonds. The van der Waals surface area contributed by atoms with Crippen LogP contribution in [0.1, 0.15) is 20.7 Å². The molecule has 3 rings (SSSR count). The Labute approximate surface area is 163 Å². The zero-order valence-electron chi connectivity index (χ0n) is 15.3.